The minimum atomic E-state index is -0.0765. The molecule has 0 saturated carbocycles. The normalized spacial score (nSPS) is 12.8. The molecule has 5 heteroatoms. The lowest BCUT2D eigenvalue weighted by Crippen LogP contribution is -2.41. The first-order valence-corrected chi connectivity index (χ1v) is 6.49. The van der Waals surface area contributed by atoms with Crippen molar-refractivity contribution < 1.29 is 0 Å². The number of likely N-dealkylation sites (N-methyl/N-ethyl adjacent to an activating group) is 2. The van der Waals surface area contributed by atoms with Gasteiger partial charge in [0.15, 0.2) is 0 Å². The van der Waals surface area contributed by atoms with Crippen LogP contribution in [0.25, 0.3) is 0 Å². The van der Waals surface area contributed by atoms with E-state index < -0.39 is 0 Å². The van der Waals surface area contributed by atoms with E-state index in [9.17, 15) is 4.79 Å². The molecule has 1 aromatic rings. The maximum absolute atomic E-state index is 11.6. The Morgan fingerprint density at radius 3 is 2.56 bits per heavy atom. The van der Waals surface area contributed by atoms with Crippen molar-refractivity contribution in [3.63, 3.8) is 0 Å². The molecule has 1 atom stereocenters. The summed E-state index contributed by atoms with van der Waals surface area (Å²) in [6, 6.07) is 1.90. The standard InChI is InChI=1S/C13H24N4O/c1-6-11-14-12(8-13(18)15-11)17(7-2)10(3)9-16(4)5/h8,10H,6-7,9H2,1-5H3,(H,14,15,18). The van der Waals surface area contributed by atoms with E-state index >= 15 is 0 Å². The zero-order chi connectivity index (χ0) is 13.7. The quantitative estimate of drug-likeness (QED) is 0.824. The Labute approximate surface area is 109 Å². The van der Waals surface area contributed by atoms with Crippen molar-refractivity contribution in [1.82, 2.24) is 14.9 Å². The monoisotopic (exact) mass is 252 g/mol. The summed E-state index contributed by atoms with van der Waals surface area (Å²) in [6.45, 7) is 8.00. The molecule has 1 unspecified atom stereocenters. The van der Waals surface area contributed by atoms with Crippen LogP contribution in [0.4, 0.5) is 5.82 Å². The highest BCUT2D eigenvalue weighted by atomic mass is 16.1. The molecule has 5 nitrogen and oxygen atoms in total. The number of hydrogen-bond donors (Lipinski definition) is 1. The average Bonchev–Trinajstić information content (AvgIpc) is 2.28. The SMILES string of the molecule is CCc1nc(N(CC)C(C)CN(C)C)cc(=O)[nH]1. The van der Waals surface area contributed by atoms with E-state index in [2.05, 4.69) is 33.6 Å². The van der Waals surface area contributed by atoms with Gasteiger partial charge < -0.3 is 14.8 Å². The van der Waals surface area contributed by atoms with Crippen LogP contribution in [0.3, 0.4) is 0 Å². The second-order valence-corrected chi connectivity index (χ2v) is 4.80. The summed E-state index contributed by atoms with van der Waals surface area (Å²) in [7, 11) is 4.10. The average molecular weight is 252 g/mol. The van der Waals surface area contributed by atoms with Gasteiger partial charge in [0.2, 0.25) is 0 Å². The van der Waals surface area contributed by atoms with Crippen LogP contribution >= 0.6 is 0 Å². The molecule has 0 aromatic carbocycles. The lowest BCUT2D eigenvalue weighted by molar-refractivity contribution is 0.372. The molecule has 0 radical (unpaired) electrons. The highest BCUT2D eigenvalue weighted by Crippen LogP contribution is 2.12. The first kappa shape index (κ1) is 14.7. The van der Waals surface area contributed by atoms with Crippen molar-refractivity contribution in [3.8, 4) is 0 Å². The molecule has 1 heterocycles. The summed E-state index contributed by atoms with van der Waals surface area (Å²) >= 11 is 0. The van der Waals surface area contributed by atoms with E-state index in [1.807, 2.05) is 21.0 Å². The van der Waals surface area contributed by atoms with Gasteiger partial charge in [-0.05, 0) is 27.9 Å². The zero-order valence-corrected chi connectivity index (χ0v) is 12.0. The summed E-state index contributed by atoms with van der Waals surface area (Å²) in [4.78, 5) is 23.2. The van der Waals surface area contributed by atoms with Gasteiger partial charge in [0.05, 0.1) is 0 Å². The highest BCUT2D eigenvalue weighted by Gasteiger charge is 2.15. The van der Waals surface area contributed by atoms with E-state index in [0.29, 0.717) is 6.04 Å². The number of anilines is 1. The van der Waals surface area contributed by atoms with Gasteiger partial charge >= 0.3 is 0 Å². The third-order valence-corrected chi connectivity index (χ3v) is 2.91. The summed E-state index contributed by atoms with van der Waals surface area (Å²) < 4.78 is 0. The number of hydrogen-bond acceptors (Lipinski definition) is 4. The van der Waals surface area contributed by atoms with Crippen molar-refractivity contribution >= 4 is 5.82 Å². The number of nitrogens with one attached hydrogen (secondary N) is 1. The van der Waals surface area contributed by atoms with E-state index in [0.717, 1.165) is 31.2 Å². The predicted molar refractivity (Wildman–Crippen MR) is 75.3 cm³/mol. The molecule has 0 aliphatic rings. The summed E-state index contributed by atoms with van der Waals surface area (Å²) in [5.41, 5.74) is -0.0765. The molecule has 0 aliphatic carbocycles. The molecule has 0 fully saturated rings. The van der Waals surface area contributed by atoms with E-state index in [4.69, 9.17) is 0 Å². The Morgan fingerprint density at radius 2 is 2.06 bits per heavy atom. The number of rotatable bonds is 6. The first-order chi connectivity index (χ1) is 8.47. The van der Waals surface area contributed by atoms with Crippen molar-refractivity contribution in [2.24, 2.45) is 0 Å². The lowest BCUT2D eigenvalue weighted by atomic mass is 10.2. The van der Waals surface area contributed by atoms with Gasteiger partial charge in [-0.15, -0.1) is 0 Å². The number of nitrogens with zero attached hydrogens (tertiary/aromatic N) is 3. The molecular weight excluding hydrogens is 228 g/mol. The van der Waals surface area contributed by atoms with Gasteiger partial charge in [-0.2, -0.15) is 0 Å². The van der Waals surface area contributed by atoms with E-state index in [1.54, 1.807) is 6.07 Å². The maximum Gasteiger partial charge on any atom is 0.252 e. The Morgan fingerprint density at radius 1 is 1.39 bits per heavy atom. The Kier molecular flexibility index (Phi) is 5.34. The summed E-state index contributed by atoms with van der Waals surface area (Å²) in [5, 5.41) is 0. The maximum atomic E-state index is 11.6. The van der Waals surface area contributed by atoms with Crippen molar-refractivity contribution in [3.05, 3.63) is 22.2 Å². The summed E-state index contributed by atoms with van der Waals surface area (Å²) in [5.74, 6) is 1.51. The van der Waals surface area contributed by atoms with E-state index in [1.165, 1.54) is 0 Å². The third kappa shape index (κ3) is 3.84. The van der Waals surface area contributed by atoms with E-state index in [-0.39, 0.29) is 5.56 Å². The fourth-order valence-electron chi connectivity index (χ4n) is 2.14. The van der Waals surface area contributed by atoms with Crippen molar-refractivity contribution in [2.75, 3.05) is 32.1 Å². The number of aromatic amines is 1. The molecule has 18 heavy (non-hydrogen) atoms. The van der Waals surface area contributed by atoms with Gasteiger partial charge in [-0.3, -0.25) is 4.79 Å². The van der Waals surface area contributed by atoms with Gasteiger partial charge in [-0.25, -0.2) is 4.98 Å². The fourth-order valence-corrected chi connectivity index (χ4v) is 2.14. The van der Waals surface area contributed by atoms with Crippen molar-refractivity contribution in [2.45, 2.75) is 33.2 Å². The lowest BCUT2D eigenvalue weighted by Gasteiger charge is -2.31. The molecular formula is C13H24N4O. The first-order valence-electron chi connectivity index (χ1n) is 6.49. The second kappa shape index (κ2) is 6.54. The van der Waals surface area contributed by atoms with Gasteiger partial charge in [0.1, 0.15) is 11.6 Å². The molecule has 1 rings (SSSR count). The molecule has 1 aromatic heterocycles. The van der Waals surface area contributed by atoms with Gasteiger partial charge in [0, 0.05) is 31.6 Å². The summed E-state index contributed by atoms with van der Waals surface area (Å²) in [6.07, 6.45) is 0.739. The van der Waals surface area contributed by atoms with Crippen molar-refractivity contribution in [1.29, 1.82) is 0 Å². The molecule has 0 bridgehead atoms. The van der Waals surface area contributed by atoms with Gasteiger partial charge in [-0.1, -0.05) is 6.92 Å². The Bertz CT molecular complexity index is 427. The molecule has 1 N–H and O–H groups in total. The molecule has 102 valence electrons. The van der Waals surface area contributed by atoms with Gasteiger partial charge in [0.25, 0.3) is 5.56 Å². The number of H-pyrrole nitrogens is 1. The largest absolute Gasteiger partial charge is 0.353 e. The molecule has 0 spiro atoms. The smallest absolute Gasteiger partial charge is 0.252 e. The number of aryl methyl sites for hydroxylation is 1. The number of aromatic nitrogens is 2. The molecule has 0 saturated heterocycles. The minimum absolute atomic E-state index is 0.0765. The second-order valence-electron chi connectivity index (χ2n) is 4.80. The zero-order valence-electron chi connectivity index (χ0n) is 12.0. The minimum Gasteiger partial charge on any atom is -0.353 e. The van der Waals surface area contributed by atoms with Crippen LogP contribution in [0.2, 0.25) is 0 Å². The Hall–Kier alpha value is -1.36. The van der Waals surface area contributed by atoms with Crippen LogP contribution in [0.15, 0.2) is 10.9 Å². The van der Waals surface area contributed by atoms with Crippen LogP contribution in [0.5, 0.6) is 0 Å². The van der Waals surface area contributed by atoms with Crippen LogP contribution in [0.1, 0.15) is 26.6 Å². The highest BCUT2D eigenvalue weighted by molar-refractivity contribution is 5.38. The predicted octanol–water partition coefficient (Wildman–Crippen LogP) is 1.11. The Balaban J connectivity index is 3.00. The van der Waals surface area contributed by atoms with Crippen LogP contribution in [0, 0.1) is 0 Å². The fraction of sp³-hybridized carbons (Fsp3) is 0.692. The van der Waals surface area contributed by atoms with Crippen LogP contribution < -0.4 is 10.5 Å². The topological polar surface area (TPSA) is 52.2 Å². The third-order valence-electron chi connectivity index (χ3n) is 2.91. The van der Waals surface area contributed by atoms with Crippen LogP contribution in [-0.2, 0) is 6.42 Å². The van der Waals surface area contributed by atoms with Crippen LogP contribution in [-0.4, -0.2) is 48.1 Å². The molecule has 0 aliphatic heterocycles. The molecule has 0 amide bonds.